The summed E-state index contributed by atoms with van der Waals surface area (Å²) in [5, 5.41) is 24.9. The highest BCUT2D eigenvalue weighted by Gasteiger charge is 2.25. The number of nitrogens with one attached hydrogen (secondary N) is 2. The minimum atomic E-state index is -0.749. The van der Waals surface area contributed by atoms with Crippen LogP contribution in [0.5, 0.6) is 0 Å². The number of hydrogen-bond donors (Lipinski definition) is 4. The maximum absolute atomic E-state index is 13.2. The number of aromatic amines is 1. The quantitative estimate of drug-likeness (QED) is 0.217. The second kappa shape index (κ2) is 11.3. The van der Waals surface area contributed by atoms with Crippen molar-refractivity contribution < 1.29 is 15.0 Å². The molecule has 2 amide bonds. The highest BCUT2D eigenvalue weighted by molar-refractivity contribution is 5.97. The number of rotatable bonds is 5. The number of amides is 2. The van der Waals surface area contributed by atoms with E-state index in [4.69, 9.17) is 0 Å². The third kappa shape index (κ3) is 5.27. The monoisotopic (exact) mass is 574 g/mol. The number of nitrogens with zero attached hydrogens (tertiary/aromatic N) is 4. The molecule has 2 aliphatic rings. The lowest BCUT2D eigenvalue weighted by molar-refractivity contribution is -0.0455. The minimum absolute atomic E-state index is 0.127. The normalized spacial score (nSPS) is 17.7. The number of hydrogen-bond acceptors (Lipinski definition) is 6. The topological polar surface area (TPSA) is 118 Å². The third-order valence-corrected chi connectivity index (χ3v) is 8.68. The van der Waals surface area contributed by atoms with Crippen molar-refractivity contribution in [2.75, 3.05) is 18.4 Å². The standard InChI is InChI=1S/C34H34N6O3/c1-21-27(9-4-10-29(21)38-34(43)40-17-24-6-2-3-7-25(24)18-40)31-28-16-30(37-32(28)36-20-35-31)22-11-13-23(14-12-22)33(42)39-15-5-8-26(41)19-39/h2-4,6-7,9-14,16,20,26,33,41-42H,5,8,15,17-19H2,1H3,(H,38,43)(H,35,36,37). The summed E-state index contributed by atoms with van der Waals surface area (Å²) < 4.78 is 0. The van der Waals surface area contributed by atoms with Crippen molar-refractivity contribution in [2.24, 2.45) is 0 Å². The molecule has 2 aliphatic heterocycles. The van der Waals surface area contributed by atoms with Crippen LogP contribution < -0.4 is 5.32 Å². The number of fused-ring (bicyclic) bond motifs is 2. The highest BCUT2D eigenvalue weighted by Crippen LogP contribution is 2.35. The molecule has 0 aliphatic carbocycles. The maximum Gasteiger partial charge on any atom is 0.322 e. The van der Waals surface area contributed by atoms with Crippen LogP contribution in [0.4, 0.5) is 10.5 Å². The molecule has 2 aromatic heterocycles. The summed E-state index contributed by atoms with van der Waals surface area (Å²) in [5.74, 6) is 0. The van der Waals surface area contributed by atoms with Gasteiger partial charge < -0.3 is 25.4 Å². The summed E-state index contributed by atoms with van der Waals surface area (Å²) in [6, 6.07) is 23.7. The average molecular weight is 575 g/mol. The predicted octanol–water partition coefficient (Wildman–Crippen LogP) is 5.60. The molecule has 2 unspecified atom stereocenters. The Morgan fingerprint density at radius 3 is 2.53 bits per heavy atom. The van der Waals surface area contributed by atoms with Gasteiger partial charge in [-0.1, -0.05) is 60.7 Å². The van der Waals surface area contributed by atoms with Crippen LogP contribution >= 0.6 is 0 Å². The van der Waals surface area contributed by atoms with E-state index in [9.17, 15) is 15.0 Å². The molecule has 1 saturated heterocycles. The highest BCUT2D eigenvalue weighted by atomic mass is 16.3. The number of likely N-dealkylation sites (tertiary alicyclic amines) is 1. The van der Waals surface area contributed by atoms with Gasteiger partial charge in [0.1, 0.15) is 18.2 Å². The van der Waals surface area contributed by atoms with Crippen LogP contribution in [0.2, 0.25) is 0 Å². The Labute approximate surface area is 249 Å². The van der Waals surface area contributed by atoms with Gasteiger partial charge in [0.05, 0.1) is 11.8 Å². The van der Waals surface area contributed by atoms with E-state index in [0.717, 1.165) is 69.7 Å². The molecule has 4 N–H and O–H groups in total. The Morgan fingerprint density at radius 1 is 1.02 bits per heavy atom. The molecule has 2 atom stereocenters. The number of carbonyl (C=O) groups is 1. The zero-order chi connectivity index (χ0) is 29.5. The molecule has 3 aromatic carbocycles. The van der Waals surface area contributed by atoms with E-state index in [1.54, 1.807) is 6.33 Å². The van der Waals surface area contributed by atoms with Gasteiger partial charge in [-0.05, 0) is 59.7 Å². The summed E-state index contributed by atoms with van der Waals surface area (Å²) in [4.78, 5) is 29.5. The molecule has 5 aromatic rings. The predicted molar refractivity (Wildman–Crippen MR) is 166 cm³/mol. The number of aromatic nitrogens is 3. The number of β-amino-alcohol motifs (C(OH)–C–C–N with tert-alkyl or cyclic N) is 1. The Morgan fingerprint density at radius 2 is 1.79 bits per heavy atom. The lowest BCUT2D eigenvalue weighted by Gasteiger charge is -2.33. The molecular weight excluding hydrogens is 540 g/mol. The molecule has 218 valence electrons. The molecular formula is C34H34N6O3. The van der Waals surface area contributed by atoms with Crippen LogP contribution in [0.1, 0.15) is 41.3 Å². The van der Waals surface area contributed by atoms with E-state index >= 15 is 0 Å². The van der Waals surface area contributed by atoms with Crippen molar-refractivity contribution in [1.82, 2.24) is 24.8 Å². The van der Waals surface area contributed by atoms with E-state index in [1.807, 2.05) is 77.4 Å². The number of urea groups is 1. The van der Waals surface area contributed by atoms with Gasteiger partial charge in [-0.25, -0.2) is 14.8 Å². The van der Waals surface area contributed by atoms with Crippen LogP contribution in [0.3, 0.4) is 0 Å². The Balaban J connectivity index is 1.13. The first kappa shape index (κ1) is 27.3. The molecule has 43 heavy (non-hydrogen) atoms. The first-order valence-corrected chi connectivity index (χ1v) is 14.7. The fourth-order valence-electron chi connectivity index (χ4n) is 6.26. The van der Waals surface area contributed by atoms with Crippen molar-refractivity contribution in [3.8, 4) is 22.5 Å². The summed E-state index contributed by atoms with van der Waals surface area (Å²) >= 11 is 0. The number of carbonyl (C=O) groups excluding carboxylic acids is 1. The number of anilines is 1. The maximum atomic E-state index is 13.2. The number of aliphatic hydroxyl groups is 2. The van der Waals surface area contributed by atoms with E-state index in [-0.39, 0.29) is 6.03 Å². The number of aliphatic hydroxyl groups excluding tert-OH is 2. The summed E-state index contributed by atoms with van der Waals surface area (Å²) in [5.41, 5.74) is 9.10. The fourth-order valence-corrected chi connectivity index (χ4v) is 6.26. The second-order valence-corrected chi connectivity index (χ2v) is 11.5. The Kier molecular flexibility index (Phi) is 7.14. The van der Waals surface area contributed by atoms with Crippen molar-refractivity contribution >= 4 is 22.8 Å². The van der Waals surface area contributed by atoms with Gasteiger partial charge in [-0.15, -0.1) is 0 Å². The van der Waals surface area contributed by atoms with Crippen molar-refractivity contribution in [2.45, 2.75) is 45.2 Å². The molecule has 9 heteroatoms. The van der Waals surface area contributed by atoms with Gasteiger partial charge >= 0.3 is 6.03 Å². The SMILES string of the molecule is Cc1c(NC(=O)N2Cc3ccccc3C2)cccc1-c1ncnc2[nH]c(-c3ccc(C(O)N4CCCC(O)C4)cc3)cc12. The second-order valence-electron chi connectivity index (χ2n) is 11.5. The van der Waals surface area contributed by atoms with Crippen LogP contribution in [0.15, 0.2) is 79.1 Å². The zero-order valence-corrected chi connectivity index (χ0v) is 24.0. The molecule has 1 fully saturated rings. The average Bonchev–Trinajstić information content (AvgIpc) is 3.67. The lowest BCUT2D eigenvalue weighted by Crippen LogP contribution is -2.40. The van der Waals surface area contributed by atoms with E-state index < -0.39 is 12.3 Å². The Bertz CT molecular complexity index is 1780. The van der Waals surface area contributed by atoms with Crippen molar-refractivity contribution in [1.29, 1.82) is 0 Å². The van der Waals surface area contributed by atoms with Crippen LogP contribution in [-0.4, -0.2) is 60.2 Å². The van der Waals surface area contributed by atoms with Crippen LogP contribution in [0.25, 0.3) is 33.5 Å². The smallest absolute Gasteiger partial charge is 0.322 e. The molecule has 0 radical (unpaired) electrons. The van der Waals surface area contributed by atoms with Crippen molar-refractivity contribution in [3.63, 3.8) is 0 Å². The summed E-state index contributed by atoms with van der Waals surface area (Å²) in [7, 11) is 0. The molecule has 0 bridgehead atoms. The molecule has 0 spiro atoms. The largest absolute Gasteiger partial charge is 0.392 e. The molecule has 0 saturated carbocycles. The number of piperidine rings is 1. The zero-order valence-electron chi connectivity index (χ0n) is 24.0. The van der Waals surface area contributed by atoms with Gasteiger partial charge in [0.25, 0.3) is 0 Å². The minimum Gasteiger partial charge on any atom is -0.392 e. The first-order chi connectivity index (χ1) is 20.9. The summed E-state index contributed by atoms with van der Waals surface area (Å²) in [6.07, 6.45) is 2.06. The van der Waals surface area contributed by atoms with Gasteiger partial charge in [-0.2, -0.15) is 0 Å². The third-order valence-electron chi connectivity index (χ3n) is 8.68. The first-order valence-electron chi connectivity index (χ1n) is 14.7. The summed E-state index contributed by atoms with van der Waals surface area (Å²) in [6.45, 7) is 4.43. The number of benzene rings is 3. The molecule has 9 nitrogen and oxygen atoms in total. The van der Waals surface area contributed by atoms with Gasteiger partial charge in [-0.3, -0.25) is 4.90 Å². The van der Waals surface area contributed by atoms with E-state index in [1.165, 1.54) is 11.1 Å². The lowest BCUT2D eigenvalue weighted by atomic mass is 10.0. The molecule has 7 rings (SSSR count). The van der Waals surface area contributed by atoms with Gasteiger partial charge in [0.2, 0.25) is 0 Å². The van der Waals surface area contributed by atoms with Crippen LogP contribution in [-0.2, 0) is 13.1 Å². The Hall–Kier alpha value is -4.57. The van der Waals surface area contributed by atoms with E-state index in [2.05, 4.69) is 32.4 Å². The van der Waals surface area contributed by atoms with Gasteiger partial charge in [0.15, 0.2) is 0 Å². The fraction of sp³-hybridized carbons (Fsp3) is 0.265. The number of H-pyrrole nitrogens is 1. The van der Waals surface area contributed by atoms with Crippen molar-refractivity contribution in [3.05, 3.63) is 101 Å². The van der Waals surface area contributed by atoms with Crippen LogP contribution in [0, 0.1) is 6.92 Å². The molecule has 4 heterocycles. The van der Waals surface area contributed by atoms with Gasteiger partial charge in [0, 0.05) is 48.5 Å². The van der Waals surface area contributed by atoms with E-state index in [0.29, 0.717) is 19.6 Å².